The Morgan fingerprint density at radius 2 is 2.00 bits per heavy atom. The van der Waals surface area contributed by atoms with Crippen molar-refractivity contribution in [3.05, 3.63) is 35.5 Å². The van der Waals surface area contributed by atoms with Gasteiger partial charge in [0, 0.05) is 12.6 Å². The molecule has 0 spiro atoms. The molecule has 6 heteroatoms. The van der Waals surface area contributed by atoms with Gasteiger partial charge >= 0.3 is 6.18 Å². The molecule has 0 saturated heterocycles. The van der Waals surface area contributed by atoms with Crippen LogP contribution in [0.2, 0.25) is 0 Å². The molecule has 0 saturated carbocycles. The Bertz CT molecular complexity index is 615. The maximum Gasteiger partial charge on any atom is 0.416 e. The smallest absolute Gasteiger partial charge is 0.383 e. The fraction of sp³-hybridized carbons (Fsp3) is 0.357. The Kier molecular flexibility index (Phi) is 3.74. The fourth-order valence-electron chi connectivity index (χ4n) is 2.17. The van der Waals surface area contributed by atoms with Gasteiger partial charge in [0.15, 0.2) is 0 Å². The maximum absolute atomic E-state index is 12.8. The number of nitrogens with zero attached hydrogens (tertiary/aromatic N) is 2. The molecule has 108 valence electrons. The van der Waals surface area contributed by atoms with E-state index in [1.165, 1.54) is 10.7 Å². The molecule has 1 aromatic carbocycles. The Morgan fingerprint density at radius 3 is 2.60 bits per heavy atom. The van der Waals surface area contributed by atoms with E-state index in [0.29, 0.717) is 23.4 Å². The van der Waals surface area contributed by atoms with Crippen molar-refractivity contribution in [2.45, 2.75) is 25.9 Å². The SMILES string of the molecule is CCCc1nn(C)c(N)c1-c1cccc(C(F)(F)F)c1. The first-order valence-electron chi connectivity index (χ1n) is 6.33. The summed E-state index contributed by atoms with van der Waals surface area (Å²) in [6, 6.07) is 5.18. The molecule has 0 aliphatic rings. The predicted molar refractivity (Wildman–Crippen MR) is 72.1 cm³/mol. The van der Waals surface area contributed by atoms with Gasteiger partial charge < -0.3 is 5.73 Å². The zero-order valence-electron chi connectivity index (χ0n) is 11.3. The van der Waals surface area contributed by atoms with Crippen LogP contribution in [0.1, 0.15) is 24.6 Å². The third kappa shape index (κ3) is 2.64. The molecule has 0 unspecified atom stereocenters. The second-order valence-corrected chi connectivity index (χ2v) is 4.66. The highest BCUT2D eigenvalue weighted by molar-refractivity contribution is 5.77. The number of alkyl halides is 3. The van der Waals surface area contributed by atoms with Gasteiger partial charge in [0.2, 0.25) is 0 Å². The Labute approximate surface area is 115 Å². The lowest BCUT2D eigenvalue weighted by Gasteiger charge is -2.09. The van der Waals surface area contributed by atoms with Crippen LogP contribution in [0.15, 0.2) is 24.3 Å². The van der Waals surface area contributed by atoms with E-state index >= 15 is 0 Å². The third-order valence-corrected chi connectivity index (χ3v) is 3.13. The Hall–Kier alpha value is -1.98. The molecule has 0 bridgehead atoms. The fourth-order valence-corrected chi connectivity index (χ4v) is 2.17. The number of nitrogens with two attached hydrogens (primary N) is 1. The quantitative estimate of drug-likeness (QED) is 0.934. The number of benzene rings is 1. The van der Waals surface area contributed by atoms with Crippen LogP contribution in [0, 0.1) is 0 Å². The molecule has 0 radical (unpaired) electrons. The van der Waals surface area contributed by atoms with Crippen molar-refractivity contribution in [3.63, 3.8) is 0 Å². The van der Waals surface area contributed by atoms with Crippen LogP contribution in [-0.2, 0) is 19.6 Å². The summed E-state index contributed by atoms with van der Waals surface area (Å²) in [5.74, 6) is 0.382. The average Bonchev–Trinajstić information content (AvgIpc) is 2.65. The van der Waals surface area contributed by atoms with Gasteiger partial charge in [0.1, 0.15) is 5.82 Å². The van der Waals surface area contributed by atoms with Crippen LogP contribution in [0.25, 0.3) is 11.1 Å². The first-order valence-corrected chi connectivity index (χ1v) is 6.33. The van der Waals surface area contributed by atoms with Crippen LogP contribution in [0.5, 0.6) is 0 Å². The van der Waals surface area contributed by atoms with Crippen molar-refractivity contribution in [3.8, 4) is 11.1 Å². The molecule has 0 aliphatic carbocycles. The van der Waals surface area contributed by atoms with Crippen LogP contribution < -0.4 is 5.73 Å². The van der Waals surface area contributed by atoms with Gasteiger partial charge in [0.05, 0.1) is 11.3 Å². The summed E-state index contributed by atoms with van der Waals surface area (Å²) in [4.78, 5) is 0. The van der Waals surface area contributed by atoms with E-state index in [-0.39, 0.29) is 0 Å². The molecule has 0 atom stereocenters. The van der Waals surface area contributed by atoms with Gasteiger partial charge in [-0.25, -0.2) is 0 Å². The van der Waals surface area contributed by atoms with Crippen LogP contribution in [0.4, 0.5) is 19.0 Å². The van der Waals surface area contributed by atoms with Gasteiger partial charge in [-0.1, -0.05) is 25.5 Å². The lowest BCUT2D eigenvalue weighted by molar-refractivity contribution is -0.137. The highest BCUT2D eigenvalue weighted by Gasteiger charge is 2.31. The molecule has 1 heterocycles. The molecule has 20 heavy (non-hydrogen) atoms. The molecule has 2 aromatic rings. The monoisotopic (exact) mass is 283 g/mol. The van der Waals surface area contributed by atoms with Crippen LogP contribution in [0.3, 0.4) is 0 Å². The number of anilines is 1. The molecular formula is C14H16F3N3. The van der Waals surface area contributed by atoms with E-state index in [9.17, 15) is 13.2 Å². The lowest BCUT2D eigenvalue weighted by atomic mass is 10.0. The molecule has 0 aliphatic heterocycles. The minimum absolute atomic E-state index is 0.382. The standard InChI is InChI=1S/C14H16F3N3/c1-3-5-11-12(13(18)20(2)19-11)9-6-4-7-10(8-9)14(15,16)17/h4,6-8H,3,5,18H2,1-2H3. The molecular weight excluding hydrogens is 267 g/mol. The number of nitrogen functional groups attached to an aromatic ring is 1. The summed E-state index contributed by atoms with van der Waals surface area (Å²) in [5, 5.41) is 4.28. The highest BCUT2D eigenvalue weighted by atomic mass is 19.4. The number of rotatable bonds is 3. The number of halogens is 3. The minimum atomic E-state index is -4.36. The van der Waals surface area contributed by atoms with Crippen molar-refractivity contribution in [1.82, 2.24) is 9.78 Å². The van der Waals surface area contributed by atoms with Crippen molar-refractivity contribution in [2.75, 3.05) is 5.73 Å². The van der Waals surface area contributed by atoms with E-state index in [1.54, 1.807) is 13.1 Å². The Balaban J connectivity index is 2.57. The van der Waals surface area contributed by atoms with Gasteiger partial charge in [0.25, 0.3) is 0 Å². The van der Waals surface area contributed by atoms with Crippen molar-refractivity contribution >= 4 is 5.82 Å². The van der Waals surface area contributed by atoms with E-state index in [1.807, 2.05) is 6.92 Å². The van der Waals surface area contributed by atoms with E-state index in [0.717, 1.165) is 24.2 Å². The zero-order chi connectivity index (χ0) is 14.9. The first-order chi connectivity index (χ1) is 9.34. The molecule has 2 rings (SSSR count). The summed E-state index contributed by atoms with van der Waals surface area (Å²) in [6.07, 6.45) is -2.84. The summed E-state index contributed by atoms with van der Waals surface area (Å²) in [6.45, 7) is 1.99. The third-order valence-electron chi connectivity index (χ3n) is 3.13. The summed E-state index contributed by atoms with van der Waals surface area (Å²) in [7, 11) is 1.69. The van der Waals surface area contributed by atoms with Crippen molar-refractivity contribution in [1.29, 1.82) is 0 Å². The molecule has 2 N–H and O–H groups in total. The molecule has 0 amide bonds. The summed E-state index contributed by atoms with van der Waals surface area (Å²) < 4.78 is 39.9. The van der Waals surface area contributed by atoms with Gasteiger partial charge in [-0.05, 0) is 24.1 Å². The van der Waals surface area contributed by atoms with Crippen molar-refractivity contribution < 1.29 is 13.2 Å². The number of aromatic nitrogens is 2. The molecule has 1 aromatic heterocycles. The topological polar surface area (TPSA) is 43.8 Å². The van der Waals surface area contributed by atoms with E-state index in [2.05, 4.69) is 5.10 Å². The molecule has 3 nitrogen and oxygen atoms in total. The number of hydrogen-bond donors (Lipinski definition) is 1. The minimum Gasteiger partial charge on any atom is -0.383 e. The summed E-state index contributed by atoms with van der Waals surface area (Å²) in [5.41, 5.74) is 7.04. The molecule has 0 fully saturated rings. The largest absolute Gasteiger partial charge is 0.416 e. The van der Waals surface area contributed by atoms with E-state index < -0.39 is 11.7 Å². The van der Waals surface area contributed by atoms with Crippen LogP contribution in [-0.4, -0.2) is 9.78 Å². The van der Waals surface area contributed by atoms with Crippen molar-refractivity contribution in [2.24, 2.45) is 7.05 Å². The maximum atomic E-state index is 12.8. The lowest BCUT2D eigenvalue weighted by Crippen LogP contribution is -2.05. The van der Waals surface area contributed by atoms with E-state index in [4.69, 9.17) is 5.73 Å². The summed E-state index contributed by atoms with van der Waals surface area (Å²) >= 11 is 0. The first kappa shape index (κ1) is 14.4. The Morgan fingerprint density at radius 1 is 1.30 bits per heavy atom. The number of hydrogen-bond acceptors (Lipinski definition) is 2. The normalized spacial score (nSPS) is 11.8. The number of aryl methyl sites for hydroxylation is 2. The highest BCUT2D eigenvalue weighted by Crippen LogP contribution is 2.35. The average molecular weight is 283 g/mol. The van der Waals surface area contributed by atoms with Gasteiger partial charge in [-0.15, -0.1) is 0 Å². The van der Waals surface area contributed by atoms with Gasteiger partial charge in [-0.3, -0.25) is 4.68 Å². The second kappa shape index (κ2) is 5.19. The zero-order valence-corrected chi connectivity index (χ0v) is 11.3. The second-order valence-electron chi connectivity index (χ2n) is 4.66. The van der Waals surface area contributed by atoms with Gasteiger partial charge in [-0.2, -0.15) is 18.3 Å². The predicted octanol–water partition coefficient (Wildman–Crippen LogP) is 3.64. The van der Waals surface area contributed by atoms with Crippen LogP contribution >= 0.6 is 0 Å².